The number of carbonyl (C=O) groups is 1. The average Bonchev–Trinajstić information content (AvgIpc) is 3.00. The third-order valence-electron chi connectivity index (χ3n) is 4.70. The normalized spacial score (nSPS) is 16.7. The number of ether oxygens (including phenoxy) is 1. The number of allylic oxidation sites excluding steroid dienone is 1. The molecule has 0 bridgehead atoms. The third-order valence-corrected chi connectivity index (χ3v) is 4.70. The van der Waals surface area contributed by atoms with Gasteiger partial charge >= 0.3 is 0 Å². The molecule has 0 N–H and O–H groups in total. The van der Waals surface area contributed by atoms with Gasteiger partial charge in [0.05, 0.1) is 18.0 Å². The first-order valence-electron chi connectivity index (χ1n) is 8.35. The van der Waals surface area contributed by atoms with Gasteiger partial charge in [-0.05, 0) is 24.5 Å². The van der Waals surface area contributed by atoms with Crippen molar-refractivity contribution in [2.45, 2.75) is 20.0 Å². The van der Waals surface area contributed by atoms with E-state index in [-0.39, 0.29) is 12.5 Å². The highest BCUT2D eigenvalue weighted by molar-refractivity contribution is 6.06. The summed E-state index contributed by atoms with van der Waals surface area (Å²) in [6, 6.07) is 6.24. The van der Waals surface area contributed by atoms with Crippen molar-refractivity contribution < 1.29 is 9.53 Å². The maximum atomic E-state index is 12.6. The van der Waals surface area contributed by atoms with Crippen molar-refractivity contribution in [3.63, 3.8) is 0 Å². The van der Waals surface area contributed by atoms with Crippen LogP contribution in [0.25, 0.3) is 5.70 Å². The van der Waals surface area contributed by atoms with E-state index < -0.39 is 0 Å². The Morgan fingerprint density at radius 1 is 1.32 bits per heavy atom. The van der Waals surface area contributed by atoms with Crippen molar-refractivity contribution in [1.82, 2.24) is 14.5 Å². The molecule has 128 valence electrons. The quantitative estimate of drug-likeness (QED) is 0.843. The zero-order valence-corrected chi connectivity index (χ0v) is 14.4. The molecule has 4 rings (SSSR count). The number of aliphatic imine (C=N–C) groups is 1. The number of methoxy groups -OCH3 is 1. The molecule has 1 amide bonds. The molecule has 0 fully saturated rings. The molecule has 25 heavy (non-hydrogen) atoms. The molecule has 2 aromatic rings. The van der Waals surface area contributed by atoms with Crippen molar-refractivity contribution in [2.75, 3.05) is 20.2 Å². The second-order valence-electron chi connectivity index (χ2n) is 6.31. The number of amides is 1. The molecule has 0 saturated heterocycles. The predicted molar refractivity (Wildman–Crippen MR) is 95.2 cm³/mol. The molecule has 6 heteroatoms. The Bertz CT molecular complexity index is 895. The van der Waals surface area contributed by atoms with Crippen LogP contribution in [0.2, 0.25) is 0 Å². The van der Waals surface area contributed by atoms with Gasteiger partial charge in [0, 0.05) is 31.5 Å². The molecular weight excluding hydrogens is 316 g/mol. The highest BCUT2D eigenvalue weighted by Gasteiger charge is 2.28. The number of hydrogen-bond acceptors (Lipinski definition) is 4. The molecule has 0 spiro atoms. The highest BCUT2D eigenvalue weighted by atomic mass is 16.5. The van der Waals surface area contributed by atoms with Gasteiger partial charge in [-0.3, -0.25) is 14.4 Å². The largest absolute Gasteiger partial charge is 0.378 e. The number of aromatic nitrogens is 2. The van der Waals surface area contributed by atoms with Crippen LogP contribution in [-0.2, 0) is 22.6 Å². The van der Waals surface area contributed by atoms with Crippen LogP contribution < -0.4 is 0 Å². The number of carbonyl (C=O) groups excluding carboxylic acids is 1. The van der Waals surface area contributed by atoms with Crippen molar-refractivity contribution >= 4 is 17.4 Å². The lowest BCUT2D eigenvalue weighted by Gasteiger charge is -2.31. The highest BCUT2D eigenvalue weighted by Crippen LogP contribution is 2.32. The van der Waals surface area contributed by atoms with Crippen molar-refractivity contribution in [3.05, 3.63) is 59.2 Å². The second-order valence-corrected chi connectivity index (χ2v) is 6.31. The van der Waals surface area contributed by atoms with E-state index in [1.54, 1.807) is 13.4 Å². The fourth-order valence-electron chi connectivity index (χ4n) is 3.45. The van der Waals surface area contributed by atoms with Gasteiger partial charge in [-0.1, -0.05) is 18.2 Å². The Morgan fingerprint density at radius 2 is 2.20 bits per heavy atom. The van der Waals surface area contributed by atoms with Crippen LogP contribution >= 0.6 is 0 Å². The number of hydrogen-bond donors (Lipinski definition) is 0. The summed E-state index contributed by atoms with van der Waals surface area (Å²) < 4.78 is 6.97. The number of rotatable bonds is 2. The second kappa shape index (κ2) is 6.29. The monoisotopic (exact) mass is 336 g/mol. The minimum Gasteiger partial charge on any atom is -0.378 e. The first-order valence-corrected chi connectivity index (χ1v) is 8.35. The molecule has 0 aliphatic carbocycles. The molecule has 6 nitrogen and oxygen atoms in total. The van der Waals surface area contributed by atoms with E-state index in [4.69, 9.17) is 4.74 Å². The lowest BCUT2D eigenvalue weighted by atomic mass is 9.92. The van der Waals surface area contributed by atoms with Crippen LogP contribution in [-0.4, -0.2) is 46.4 Å². The number of imidazole rings is 1. The van der Waals surface area contributed by atoms with Gasteiger partial charge in [0.15, 0.2) is 0 Å². The molecule has 2 aliphatic heterocycles. The molecule has 0 saturated carbocycles. The van der Waals surface area contributed by atoms with E-state index in [9.17, 15) is 4.79 Å². The summed E-state index contributed by atoms with van der Waals surface area (Å²) in [7, 11) is 1.64. The number of aryl methyl sites for hydroxylation is 1. The average molecular weight is 336 g/mol. The maximum Gasteiger partial charge on any atom is 0.248 e. The number of fused-ring (bicyclic) bond motifs is 3. The summed E-state index contributed by atoms with van der Waals surface area (Å²) in [4.78, 5) is 23.2. The number of nitrogens with zero attached hydrogens (tertiary/aromatic N) is 4. The van der Waals surface area contributed by atoms with Gasteiger partial charge in [-0.15, -0.1) is 0 Å². The van der Waals surface area contributed by atoms with Gasteiger partial charge in [-0.2, -0.15) is 0 Å². The molecular formula is C19H20N4O2. The Kier molecular flexibility index (Phi) is 3.97. The Labute approximate surface area is 146 Å². The van der Waals surface area contributed by atoms with E-state index >= 15 is 0 Å². The van der Waals surface area contributed by atoms with Crippen molar-refractivity contribution in [3.8, 4) is 0 Å². The van der Waals surface area contributed by atoms with Crippen LogP contribution in [0.4, 0.5) is 0 Å². The Balaban J connectivity index is 1.80. The molecule has 3 heterocycles. The van der Waals surface area contributed by atoms with E-state index in [1.807, 2.05) is 27.8 Å². The first kappa shape index (κ1) is 15.8. The first-order chi connectivity index (χ1) is 12.2. The van der Waals surface area contributed by atoms with Crippen LogP contribution in [0.5, 0.6) is 0 Å². The zero-order chi connectivity index (χ0) is 17.4. The smallest absolute Gasteiger partial charge is 0.248 e. The van der Waals surface area contributed by atoms with Crippen LogP contribution in [0.15, 0.2) is 41.8 Å². The minimum atomic E-state index is 0.0330. The van der Waals surface area contributed by atoms with Gasteiger partial charge in [0.25, 0.3) is 0 Å². The summed E-state index contributed by atoms with van der Waals surface area (Å²) in [5.41, 5.74) is 5.44. The predicted octanol–water partition coefficient (Wildman–Crippen LogP) is 2.02. The SMILES string of the molecule is COCc1cn(C2=NCC(=O)N3CCc4c(C)cccc4C3=C2)cn1. The van der Waals surface area contributed by atoms with Gasteiger partial charge in [0.1, 0.15) is 18.7 Å². The topological polar surface area (TPSA) is 59.7 Å². The molecule has 1 aromatic carbocycles. The minimum absolute atomic E-state index is 0.0330. The van der Waals surface area contributed by atoms with Gasteiger partial charge in [0.2, 0.25) is 5.91 Å². The number of benzene rings is 1. The summed E-state index contributed by atoms with van der Waals surface area (Å²) in [5.74, 6) is 0.751. The Morgan fingerprint density at radius 3 is 3.04 bits per heavy atom. The van der Waals surface area contributed by atoms with E-state index in [0.717, 1.165) is 29.2 Å². The van der Waals surface area contributed by atoms with E-state index in [1.165, 1.54) is 11.1 Å². The fourth-order valence-corrected chi connectivity index (χ4v) is 3.45. The summed E-state index contributed by atoms with van der Waals surface area (Å²) >= 11 is 0. The molecule has 1 aromatic heterocycles. The van der Waals surface area contributed by atoms with Crippen LogP contribution in [0.1, 0.15) is 22.4 Å². The zero-order valence-electron chi connectivity index (χ0n) is 14.4. The van der Waals surface area contributed by atoms with Gasteiger partial charge < -0.3 is 9.64 Å². The van der Waals surface area contributed by atoms with Gasteiger partial charge in [-0.25, -0.2) is 4.98 Å². The summed E-state index contributed by atoms with van der Waals surface area (Å²) in [6.07, 6.45) is 6.47. The fraction of sp³-hybridized carbons (Fsp3) is 0.316. The standard InChI is InChI=1S/C19H20N4O2/c1-13-4-3-5-16-15(13)6-7-23-17(16)8-18(20-9-19(23)24)22-10-14(11-25-2)21-12-22/h3-5,8,10,12H,6-7,9,11H2,1-2H3. The third kappa shape index (κ3) is 2.78. The van der Waals surface area contributed by atoms with Crippen LogP contribution in [0.3, 0.4) is 0 Å². The molecule has 0 unspecified atom stereocenters. The summed E-state index contributed by atoms with van der Waals surface area (Å²) in [5, 5.41) is 0. The van der Waals surface area contributed by atoms with Crippen molar-refractivity contribution in [1.29, 1.82) is 0 Å². The Hall–Kier alpha value is -2.73. The van der Waals surface area contributed by atoms with Crippen molar-refractivity contribution in [2.24, 2.45) is 4.99 Å². The maximum absolute atomic E-state index is 12.6. The molecule has 0 radical (unpaired) electrons. The van der Waals surface area contributed by atoms with E-state index in [2.05, 4.69) is 29.0 Å². The van der Waals surface area contributed by atoms with Crippen LogP contribution in [0, 0.1) is 6.92 Å². The molecule has 0 atom stereocenters. The summed E-state index contributed by atoms with van der Waals surface area (Å²) in [6.45, 7) is 3.41. The lowest BCUT2D eigenvalue weighted by Crippen LogP contribution is -2.36. The van der Waals surface area contributed by atoms with E-state index in [0.29, 0.717) is 13.2 Å². The lowest BCUT2D eigenvalue weighted by molar-refractivity contribution is -0.126. The molecule has 2 aliphatic rings.